The number of sulfonamides is 1. The Labute approximate surface area is 158 Å². The average molecular weight is 387 g/mol. The third kappa shape index (κ3) is 4.72. The van der Waals surface area contributed by atoms with Crippen LogP contribution in [0.1, 0.15) is 18.4 Å². The first-order chi connectivity index (χ1) is 13.0. The molecule has 0 amide bonds. The van der Waals surface area contributed by atoms with Crippen molar-refractivity contribution < 1.29 is 17.6 Å². The molecule has 7 nitrogen and oxygen atoms in total. The van der Waals surface area contributed by atoms with Crippen molar-refractivity contribution in [2.24, 2.45) is 0 Å². The molecule has 27 heavy (non-hydrogen) atoms. The number of benzene rings is 2. The van der Waals surface area contributed by atoms with E-state index in [1.54, 1.807) is 25.3 Å². The van der Waals surface area contributed by atoms with E-state index in [1.165, 1.54) is 0 Å². The summed E-state index contributed by atoms with van der Waals surface area (Å²) >= 11 is 0. The van der Waals surface area contributed by atoms with Gasteiger partial charge in [-0.15, -0.1) is 10.2 Å². The zero-order valence-electron chi connectivity index (χ0n) is 15.2. The van der Waals surface area contributed by atoms with Gasteiger partial charge >= 0.3 is 0 Å². The predicted molar refractivity (Wildman–Crippen MR) is 101 cm³/mol. The Kier molecular flexibility index (Phi) is 5.88. The van der Waals surface area contributed by atoms with Crippen LogP contribution >= 0.6 is 0 Å². The average Bonchev–Trinajstić information content (AvgIpc) is 3.17. The Hall–Kier alpha value is -2.71. The second-order valence-corrected chi connectivity index (χ2v) is 7.65. The number of methoxy groups -OCH3 is 1. The summed E-state index contributed by atoms with van der Waals surface area (Å²) in [6.07, 6.45) is 1.16. The highest BCUT2D eigenvalue weighted by Crippen LogP contribution is 2.22. The Balaban J connectivity index is 1.61. The van der Waals surface area contributed by atoms with Gasteiger partial charge in [0, 0.05) is 18.5 Å². The number of nitrogens with zero attached hydrogens (tertiary/aromatic N) is 2. The molecule has 0 radical (unpaired) electrons. The third-order valence-electron chi connectivity index (χ3n) is 4.06. The lowest BCUT2D eigenvalue weighted by molar-refractivity contribution is 0.414. The van der Waals surface area contributed by atoms with E-state index in [2.05, 4.69) is 14.9 Å². The molecule has 142 valence electrons. The first kappa shape index (κ1) is 19.1. The van der Waals surface area contributed by atoms with Crippen LogP contribution in [0.25, 0.3) is 11.5 Å². The molecule has 1 N–H and O–H groups in total. The number of hydrogen-bond donors (Lipinski definition) is 1. The number of aromatic nitrogens is 2. The van der Waals surface area contributed by atoms with Crippen LogP contribution in [0.15, 0.2) is 57.8 Å². The number of ether oxygens (including phenoxy) is 1. The van der Waals surface area contributed by atoms with E-state index in [0.29, 0.717) is 24.0 Å². The van der Waals surface area contributed by atoms with Gasteiger partial charge in [-0.25, -0.2) is 13.1 Å². The standard InChI is InChI=1S/C19H21N3O4S/c1-3-14-7-9-17(10-8-14)27(23,24)20-12-11-18-21-22-19(26-18)15-5-4-6-16(13-15)25-2/h4-10,13,20H,3,11-12H2,1-2H3. The summed E-state index contributed by atoms with van der Waals surface area (Å²) in [6.45, 7) is 2.18. The van der Waals surface area contributed by atoms with Gasteiger partial charge in [0.15, 0.2) is 0 Å². The van der Waals surface area contributed by atoms with Crippen molar-refractivity contribution in [1.82, 2.24) is 14.9 Å². The van der Waals surface area contributed by atoms with Gasteiger partial charge < -0.3 is 9.15 Å². The van der Waals surface area contributed by atoms with Gasteiger partial charge in [-0.1, -0.05) is 25.1 Å². The maximum Gasteiger partial charge on any atom is 0.247 e. The first-order valence-corrected chi connectivity index (χ1v) is 10.1. The summed E-state index contributed by atoms with van der Waals surface area (Å²) in [5.41, 5.74) is 1.83. The van der Waals surface area contributed by atoms with Gasteiger partial charge in [0.2, 0.25) is 21.8 Å². The fourth-order valence-corrected chi connectivity index (χ4v) is 3.54. The minimum absolute atomic E-state index is 0.164. The van der Waals surface area contributed by atoms with E-state index < -0.39 is 10.0 Å². The molecule has 0 aliphatic heterocycles. The van der Waals surface area contributed by atoms with E-state index in [4.69, 9.17) is 9.15 Å². The van der Waals surface area contributed by atoms with Crippen LogP contribution in [-0.2, 0) is 22.9 Å². The molecule has 8 heteroatoms. The molecule has 1 heterocycles. The van der Waals surface area contributed by atoms with Crippen LogP contribution < -0.4 is 9.46 Å². The molecular weight excluding hydrogens is 366 g/mol. The summed E-state index contributed by atoms with van der Waals surface area (Å²) in [4.78, 5) is 0.238. The molecule has 0 saturated carbocycles. The highest BCUT2D eigenvalue weighted by molar-refractivity contribution is 7.89. The van der Waals surface area contributed by atoms with Crippen molar-refractivity contribution >= 4 is 10.0 Å². The number of nitrogens with one attached hydrogen (secondary N) is 1. The van der Waals surface area contributed by atoms with Crippen molar-refractivity contribution in [3.05, 3.63) is 60.0 Å². The highest BCUT2D eigenvalue weighted by atomic mass is 32.2. The van der Waals surface area contributed by atoms with Crippen LogP contribution in [0.5, 0.6) is 5.75 Å². The molecule has 1 aromatic heterocycles. The Morgan fingerprint density at radius 1 is 1.11 bits per heavy atom. The van der Waals surface area contributed by atoms with Crippen molar-refractivity contribution in [3.63, 3.8) is 0 Å². The maximum atomic E-state index is 12.3. The predicted octanol–water partition coefficient (Wildman–Crippen LogP) is 2.83. The van der Waals surface area contributed by atoms with Crippen LogP contribution in [0.3, 0.4) is 0 Å². The Morgan fingerprint density at radius 2 is 1.89 bits per heavy atom. The number of aryl methyl sites for hydroxylation is 1. The second kappa shape index (κ2) is 8.32. The maximum absolute atomic E-state index is 12.3. The molecule has 0 fully saturated rings. The van der Waals surface area contributed by atoms with Crippen LogP contribution in [-0.4, -0.2) is 32.3 Å². The van der Waals surface area contributed by atoms with Crippen molar-refractivity contribution in [2.45, 2.75) is 24.7 Å². The smallest absolute Gasteiger partial charge is 0.247 e. The molecule has 0 saturated heterocycles. The molecule has 3 rings (SSSR count). The Morgan fingerprint density at radius 3 is 2.59 bits per heavy atom. The molecule has 2 aromatic carbocycles. The normalized spacial score (nSPS) is 11.5. The highest BCUT2D eigenvalue weighted by Gasteiger charge is 2.15. The van der Waals surface area contributed by atoms with Gasteiger partial charge in [0.25, 0.3) is 0 Å². The van der Waals surface area contributed by atoms with Crippen LogP contribution in [0, 0.1) is 0 Å². The van der Waals surface area contributed by atoms with Crippen molar-refractivity contribution in [1.29, 1.82) is 0 Å². The van der Waals surface area contributed by atoms with E-state index in [9.17, 15) is 8.42 Å². The van der Waals surface area contributed by atoms with Crippen molar-refractivity contribution in [3.8, 4) is 17.2 Å². The molecule has 0 aliphatic carbocycles. The summed E-state index contributed by atoms with van der Waals surface area (Å²) in [5, 5.41) is 7.98. The number of rotatable bonds is 8. The van der Waals surface area contributed by atoms with Gasteiger partial charge in [0.1, 0.15) is 5.75 Å². The molecule has 0 spiro atoms. The molecular formula is C19H21N3O4S. The molecule has 0 aliphatic rings. The van der Waals surface area contributed by atoms with E-state index >= 15 is 0 Å². The van der Waals surface area contributed by atoms with E-state index in [0.717, 1.165) is 17.5 Å². The SMILES string of the molecule is CCc1ccc(S(=O)(=O)NCCc2nnc(-c3cccc(OC)c3)o2)cc1. The quantitative estimate of drug-likeness (QED) is 0.639. The van der Waals surface area contributed by atoms with Gasteiger partial charge in [-0.3, -0.25) is 0 Å². The molecule has 0 unspecified atom stereocenters. The molecule has 0 bridgehead atoms. The zero-order chi connectivity index (χ0) is 19.3. The fraction of sp³-hybridized carbons (Fsp3) is 0.263. The van der Waals surface area contributed by atoms with Crippen molar-refractivity contribution in [2.75, 3.05) is 13.7 Å². The lowest BCUT2D eigenvalue weighted by Crippen LogP contribution is -2.26. The topological polar surface area (TPSA) is 94.3 Å². The minimum Gasteiger partial charge on any atom is -0.497 e. The molecule has 0 atom stereocenters. The minimum atomic E-state index is -3.57. The lowest BCUT2D eigenvalue weighted by atomic mass is 10.2. The monoisotopic (exact) mass is 387 g/mol. The fourth-order valence-electron chi connectivity index (χ4n) is 2.51. The Bertz CT molecular complexity index is 998. The summed E-state index contributed by atoms with van der Waals surface area (Å²) in [5.74, 6) is 1.41. The number of hydrogen-bond acceptors (Lipinski definition) is 6. The van der Waals surface area contributed by atoms with E-state index in [-0.39, 0.29) is 11.4 Å². The summed E-state index contributed by atoms with van der Waals surface area (Å²) in [6, 6.07) is 14.1. The second-order valence-electron chi connectivity index (χ2n) is 5.88. The van der Waals surface area contributed by atoms with E-state index in [1.807, 2.05) is 37.3 Å². The first-order valence-electron chi connectivity index (χ1n) is 8.57. The van der Waals surface area contributed by atoms with Gasteiger partial charge in [-0.2, -0.15) is 0 Å². The van der Waals surface area contributed by atoms with Gasteiger partial charge in [0.05, 0.1) is 12.0 Å². The van der Waals surface area contributed by atoms with Crippen LogP contribution in [0.4, 0.5) is 0 Å². The van der Waals surface area contributed by atoms with Crippen LogP contribution in [0.2, 0.25) is 0 Å². The third-order valence-corrected chi connectivity index (χ3v) is 5.53. The molecule has 3 aromatic rings. The lowest BCUT2D eigenvalue weighted by Gasteiger charge is -2.06. The summed E-state index contributed by atoms with van der Waals surface area (Å²) < 4.78 is 38.0. The zero-order valence-corrected chi connectivity index (χ0v) is 16.0. The summed E-state index contributed by atoms with van der Waals surface area (Å²) in [7, 11) is -1.98. The van der Waals surface area contributed by atoms with Gasteiger partial charge in [-0.05, 0) is 42.3 Å². The largest absolute Gasteiger partial charge is 0.497 e.